The van der Waals surface area contributed by atoms with Gasteiger partial charge >= 0.3 is 0 Å². The van der Waals surface area contributed by atoms with Crippen molar-refractivity contribution >= 4 is 0 Å². The molecule has 0 saturated heterocycles. The van der Waals surface area contributed by atoms with Gasteiger partial charge in [-0.05, 0) is 52.3 Å². The van der Waals surface area contributed by atoms with Crippen LogP contribution in [0.15, 0.2) is 84.9 Å². The molecule has 0 fully saturated rings. The molecule has 0 radical (unpaired) electrons. The summed E-state index contributed by atoms with van der Waals surface area (Å²) in [6, 6.07) is 27.9. The fourth-order valence-electron chi connectivity index (χ4n) is 3.72. The maximum atomic E-state index is 14.3. The van der Waals surface area contributed by atoms with Crippen molar-refractivity contribution in [2.24, 2.45) is 0 Å². The highest BCUT2D eigenvalue weighted by Gasteiger charge is 2.12. The van der Waals surface area contributed by atoms with Gasteiger partial charge < -0.3 is 0 Å². The summed E-state index contributed by atoms with van der Waals surface area (Å²) in [5.74, 6) is -1.58. The van der Waals surface area contributed by atoms with Crippen molar-refractivity contribution < 1.29 is 8.78 Å². The average molecular weight is 398 g/mol. The summed E-state index contributed by atoms with van der Waals surface area (Å²) in [7, 11) is 0. The topological polar surface area (TPSA) is 0 Å². The molecule has 0 unspecified atom stereocenters. The Morgan fingerprint density at radius 3 is 1.43 bits per heavy atom. The molecule has 0 aliphatic carbocycles. The first-order chi connectivity index (χ1) is 14.6. The smallest absolute Gasteiger partial charge is 0.166 e. The van der Waals surface area contributed by atoms with E-state index in [1.807, 2.05) is 24.3 Å². The van der Waals surface area contributed by atoms with Gasteiger partial charge in [0.05, 0.1) is 0 Å². The minimum absolute atomic E-state index is 0.284. The van der Waals surface area contributed by atoms with Crippen LogP contribution in [-0.2, 0) is 6.42 Å². The van der Waals surface area contributed by atoms with Crippen LogP contribution in [0.5, 0.6) is 0 Å². The molecule has 0 heterocycles. The number of halogens is 2. The van der Waals surface area contributed by atoms with Crippen molar-refractivity contribution in [3.8, 4) is 33.4 Å². The summed E-state index contributed by atoms with van der Waals surface area (Å²) in [4.78, 5) is 0. The Balaban J connectivity index is 1.56. The Morgan fingerprint density at radius 1 is 0.533 bits per heavy atom. The fraction of sp³-hybridized carbons (Fsp3) is 0.143. The fourth-order valence-corrected chi connectivity index (χ4v) is 3.72. The maximum Gasteiger partial charge on any atom is 0.166 e. The Bertz CT molecular complexity index is 1140. The molecule has 0 aromatic heterocycles. The van der Waals surface area contributed by atoms with Crippen molar-refractivity contribution in [1.29, 1.82) is 0 Å². The van der Waals surface area contributed by atoms with E-state index >= 15 is 0 Å². The van der Waals surface area contributed by atoms with Gasteiger partial charge in [-0.3, -0.25) is 0 Å². The number of benzene rings is 4. The zero-order valence-corrected chi connectivity index (χ0v) is 17.3. The molecule has 2 heteroatoms. The summed E-state index contributed by atoms with van der Waals surface area (Å²) >= 11 is 0. The van der Waals surface area contributed by atoms with Crippen LogP contribution < -0.4 is 0 Å². The van der Waals surface area contributed by atoms with E-state index in [-0.39, 0.29) is 5.56 Å². The highest BCUT2D eigenvalue weighted by atomic mass is 19.2. The van der Waals surface area contributed by atoms with Gasteiger partial charge in [-0.1, -0.05) is 98.3 Å². The molecule has 0 atom stereocenters. The van der Waals surface area contributed by atoms with Gasteiger partial charge in [-0.15, -0.1) is 0 Å². The van der Waals surface area contributed by atoms with Crippen molar-refractivity contribution in [1.82, 2.24) is 0 Å². The van der Waals surface area contributed by atoms with Gasteiger partial charge in [0.25, 0.3) is 0 Å². The Morgan fingerprint density at radius 2 is 0.967 bits per heavy atom. The van der Waals surface area contributed by atoms with Crippen LogP contribution >= 0.6 is 0 Å². The second kappa shape index (κ2) is 8.62. The largest absolute Gasteiger partial charge is 0.203 e. The van der Waals surface area contributed by atoms with Crippen molar-refractivity contribution in [3.63, 3.8) is 0 Å². The van der Waals surface area contributed by atoms with Crippen molar-refractivity contribution in [2.45, 2.75) is 26.7 Å². The predicted molar refractivity (Wildman–Crippen MR) is 121 cm³/mol. The summed E-state index contributed by atoms with van der Waals surface area (Å²) in [6.07, 6.45) is 2.26. The normalized spacial score (nSPS) is 10.9. The first-order valence-corrected chi connectivity index (χ1v) is 10.3. The predicted octanol–water partition coefficient (Wildman–Crippen LogP) is 8.23. The van der Waals surface area contributed by atoms with Crippen LogP contribution in [0.4, 0.5) is 8.78 Å². The Labute approximate surface area is 176 Å². The molecular weight excluding hydrogens is 374 g/mol. The van der Waals surface area contributed by atoms with Crippen molar-refractivity contribution in [2.75, 3.05) is 0 Å². The summed E-state index contributed by atoms with van der Waals surface area (Å²) < 4.78 is 28.2. The van der Waals surface area contributed by atoms with Gasteiger partial charge in [0, 0.05) is 5.56 Å². The molecule has 0 N–H and O–H groups in total. The standard InChI is InChI=1S/C28H24F2/c1-3-4-20-6-8-21(9-7-20)22-10-12-23(13-11-22)24-14-16-25(17-15-24)26-18-5-19(2)27(29)28(26)30/h5-18H,3-4H2,1-2H3. The average Bonchev–Trinajstić information content (AvgIpc) is 2.79. The zero-order valence-electron chi connectivity index (χ0n) is 17.3. The third-order valence-electron chi connectivity index (χ3n) is 5.52. The van der Waals surface area contributed by atoms with Gasteiger partial charge in [0.1, 0.15) is 0 Å². The molecule has 0 amide bonds. The summed E-state index contributed by atoms with van der Waals surface area (Å²) in [5, 5.41) is 0. The maximum absolute atomic E-state index is 14.3. The molecular formula is C28H24F2. The molecule has 0 saturated carbocycles. The third-order valence-corrected chi connectivity index (χ3v) is 5.52. The molecule has 150 valence electrons. The molecule has 0 bridgehead atoms. The van der Waals surface area contributed by atoms with Crippen LogP contribution in [0.25, 0.3) is 33.4 Å². The van der Waals surface area contributed by atoms with E-state index in [4.69, 9.17) is 0 Å². The molecule has 30 heavy (non-hydrogen) atoms. The molecule has 0 nitrogen and oxygen atoms in total. The van der Waals surface area contributed by atoms with Gasteiger partial charge in [-0.2, -0.15) is 0 Å². The highest BCUT2D eigenvalue weighted by molar-refractivity contribution is 5.73. The lowest BCUT2D eigenvalue weighted by molar-refractivity contribution is 0.505. The lowest BCUT2D eigenvalue weighted by Gasteiger charge is -2.09. The van der Waals surface area contributed by atoms with Crippen LogP contribution in [0.2, 0.25) is 0 Å². The van der Waals surface area contributed by atoms with Gasteiger partial charge in [-0.25, -0.2) is 8.78 Å². The Hall–Kier alpha value is -3.26. The lowest BCUT2D eigenvalue weighted by atomic mass is 9.97. The minimum Gasteiger partial charge on any atom is -0.203 e. The van der Waals surface area contributed by atoms with E-state index in [9.17, 15) is 8.78 Å². The SMILES string of the molecule is CCCc1ccc(-c2ccc(-c3ccc(-c4ccc(C)c(F)c4F)cc3)cc2)cc1. The number of aryl methyl sites for hydroxylation is 2. The molecule has 0 aliphatic rings. The first-order valence-electron chi connectivity index (χ1n) is 10.3. The minimum atomic E-state index is -0.794. The van der Waals surface area contributed by atoms with Gasteiger partial charge in [0.2, 0.25) is 0 Å². The second-order valence-electron chi connectivity index (χ2n) is 7.66. The monoisotopic (exact) mass is 398 g/mol. The lowest BCUT2D eigenvalue weighted by Crippen LogP contribution is -1.93. The molecule has 0 aliphatic heterocycles. The van der Waals surface area contributed by atoms with Gasteiger partial charge in [0.15, 0.2) is 11.6 Å². The Kier molecular flexibility index (Phi) is 5.76. The van der Waals surface area contributed by atoms with E-state index in [0.29, 0.717) is 11.1 Å². The molecule has 0 spiro atoms. The number of rotatable bonds is 5. The van der Waals surface area contributed by atoms with E-state index in [1.165, 1.54) is 16.7 Å². The molecule has 4 aromatic carbocycles. The molecule has 4 rings (SSSR count). The molecule has 4 aromatic rings. The van der Waals surface area contributed by atoms with E-state index in [1.54, 1.807) is 19.1 Å². The summed E-state index contributed by atoms with van der Waals surface area (Å²) in [6.45, 7) is 3.75. The van der Waals surface area contributed by atoms with Crippen LogP contribution in [0, 0.1) is 18.6 Å². The highest BCUT2D eigenvalue weighted by Crippen LogP contribution is 2.30. The third kappa shape index (κ3) is 4.04. The van der Waals surface area contributed by atoms with E-state index in [0.717, 1.165) is 24.0 Å². The van der Waals surface area contributed by atoms with E-state index < -0.39 is 11.6 Å². The van der Waals surface area contributed by atoms with E-state index in [2.05, 4.69) is 55.5 Å². The summed E-state index contributed by atoms with van der Waals surface area (Å²) in [5.41, 5.74) is 7.13. The second-order valence-corrected chi connectivity index (χ2v) is 7.66. The number of hydrogen-bond donors (Lipinski definition) is 0. The first kappa shape index (κ1) is 20.0. The van der Waals surface area contributed by atoms with Crippen LogP contribution in [0.1, 0.15) is 24.5 Å². The number of hydrogen-bond acceptors (Lipinski definition) is 0. The van der Waals surface area contributed by atoms with Crippen LogP contribution in [-0.4, -0.2) is 0 Å². The zero-order chi connectivity index (χ0) is 21.1. The van der Waals surface area contributed by atoms with Crippen molar-refractivity contribution in [3.05, 3.63) is 108 Å². The quantitative estimate of drug-likeness (QED) is 0.318. The van der Waals surface area contributed by atoms with Crippen LogP contribution in [0.3, 0.4) is 0 Å².